The molecular weight excluding hydrogens is 210 g/mol. The lowest BCUT2D eigenvalue weighted by Gasteiger charge is -2.41. The summed E-state index contributed by atoms with van der Waals surface area (Å²) in [5.41, 5.74) is 2.38. The van der Waals surface area contributed by atoms with Crippen molar-refractivity contribution in [2.75, 3.05) is 20.2 Å². The molecule has 0 amide bonds. The van der Waals surface area contributed by atoms with Gasteiger partial charge in [-0.1, -0.05) is 29.3 Å². The van der Waals surface area contributed by atoms with E-state index in [1.54, 1.807) is 7.11 Å². The molecule has 2 nitrogen and oxygen atoms in total. The van der Waals surface area contributed by atoms with Crippen molar-refractivity contribution >= 4 is 11.6 Å². The van der Waals surface area contributed by atoms with E-state index in [1.807, 2.05) is 12.1 Å². The monoisotopic (exact) mass is 225 g/mol. The predicted octanol–water partition coefficient (Wildman–Crippen LogP) is 2.18. The fourth-order valence-corrected chi connectivity index (χ4v) is 2.12. The van der Waals surface area contributed by atoms with E-state index in [-0.39, 0.29) is 5.60 Å². The number of halogens is 1. The van der Waals surface area contributed by atoms with Crippen LogP contribution in [0.5, 0.6) is 0 Å². The summed E-state index contributed by atoms with van der Waals surface area (Å²) in [6.45, 7) is 3.90. The van der Waals surface area contributed by atoms with E-state index in [0.717, 1.165) is 24.5 Å². The van der Waals surface area contributed by atoms with E-state index in [0.29, 0.717) is 0 Å². The summed E-state index contributed by atoms with van der Waals surface area (Å²) in [6, 6.07) is 6.13. The van der Waals surface area contributed by atoms with Crippen molar-refractivity contribution in [3.8, 4) is 0 Å². The second kappa shape index (κ2) is 4.12. The van der Waals surface area contributed by atoms with Crippen LogP contribution in [0.15, 0.2) is 18.2 Å². The molecule has 1 N–H and O–H groups in total. The first-order valence-electron chi connectivity index (χ1n) is 5.16. The van der Waals surface area contributed by atoms with Gasteiger partial charge in [-0.05, 0) is 18.6 Å². The molecule has 0 radical (unpaired) electrons. The first kappa shape index (κ1) is 10.9. The largest absolute Gasteiger partial charge is 0.375 e. The number of benzene rings is 1. The van der Waals surface area contributed by atoms with Crippen molar-refractivity contribution in [2.24, 2.45) is 0 Å². The maximum atomic E-state index is 6.16. The highest BCUT2D eigenvalue weighted by atomic mass is 35.5. The van der Waals surface area contributed by atoms with E-state index in [9.17, 15) is 0 Å². The van der Waals surface area contributed by atoms with Gasteiger partial charge >= 0.3 is 0 Å². The Labute approximate surface area is 95.6 Å². The van der Waals surface area contributed by atoms with Gasteiger partial charge in [0, 0.05) is 31.6 Å². The zero-order valence-corrected chi connectivity index (χ0v) is 9.90. The first-order chi connectivity index (χ1) is 7.15. The Balaban J connectivity index is 2.19. The molecule has 1 saturated heterocycles. The summed E-state index contributed by atoms with van der Waals surface area (Å²) in [4.78, 5) is 0. The van der Waals surface area contributed by atoms with E-state index in [4.69, 9.17) is 16.3 Å². The van der Waals surface area contributed by atoms with E-state index in [2.05, 4.69) is 18.3 Å². The van der Waals surface area contributed by atoms with Crippen LogP contribution in [0.3, 0.4) is 0 Å². The Morgan fingerprint density at radius 3 is 2.73 bits per heavy atom. The zero-order chi connectivity index (χ0) is 10.9. The van der Waals surface area contributed by atoms with Crippen molar-refractivity contribution in [2.45, 2.75) is 18.9 Å². The maximum absolute atomic E-state index is 6.16. The van der Waals surface area contributed by atoms with E-state index in [1.165, 1.54) is 11.1 Å². The van der Waals surface area contributed by atoms with Crippen LogP contribution in [-0.2, 0) is 11.2 Å². The van der Waals surface area contributed by atoms with Gasteiger partial charge in [0.15, 0.2) is 0 Å². The van der Waals surface area contributed by atoms with Crippen molar-refractivity contribution in [3.05, 3.63) is 34.3 Å². The molecule has 1 fully saturated rings. The van der Waals surface area contributed by atoms with Gasteiger partial charge in [-0.25, -0.2) is 0 Å². The number of rotatable bonds is 3. The van der Waals surface area contributed by atoms with Crippen LogP contribution in [0.25, 0.3) is 0 Å². The summed E-state index contributed by atoms with van der Waals surface area (Å²) >= 11 is 6.16. The normalized spacial score (nSPS) is 18.6. The van der Waals surface area contributed by atoms with Gasteiger partial charge in [-0.15, -0.1) is 0 Å². The minimum absolute atomic E-state index is 0.0442. The third kappa shape index (κ3) is 2.17. The highest BCUT2D eigenvalue weighted by Gasteiger charge is 2.37. The average Bonchev–Trinajstić information content (AvgIpc) is 2.17. The molecule has 0 aromatic heterocycles. The molecule has 15 heavy (non-hydrogen) atoms. The van der Waals surface area contributed by atoms with Crippen molar-refractivity contribution in [1.82, 2.24) is 5.32 Å². The highest BCUT2D eigenvalue weighted by Crippen LogP contribution is 2.26. The molecule has 0 unspecified atom stereocenters. The number of aryl methyl sites for hydroxylation is 1. The molecule has 1 aliphatic heterocycles. The highest BCUT2D eigenvalue weighted by molar-refractivity contribution is 6.31. The maximum Gasteiger partial charge on any atom is 0.0966 e. The van der Waals surface area contributed by atoms with Crippen LogP contribution in [0.2, 0.25) is 5.02 Å². The number of nitrogens with one attached hydrogen (secondary N) is 1. The van der Waals surface area contributed by atoms with E-state index >= 15 is 0 Å². The standard InChI is InChI=1S/C12H16ClNO/c1-9-3-4-11(13)10(5-9)6-12(15-2)7-14-8-12/h3-5,14H,6-8H2,1-2H3. The topological polar surface area (TPSA) is 21.3 Å². The van der Waals surface area contributed by atoms with Crippen LogP contribution in [-0.4, -0.2) is 25.8 Å². The summed E-state index contributed by atoms with van der Waals surface area (Å²) < 4.78 is 5.55. The number of hydrogen-bond acceptors (Lipinski definition) is 2. The molecule has 0 aliphatic carbocycles. The van der Waals surface area contributed by atoms with Crippen LogP contribution in [0.1, 0.15) is 11.1 Å². The Bertz CT molecular complexity index is 355. The number of methoxy groups -OCH3 is 1. The minimum atomic E-state index is -0.0442. The quantitative estimate of drug-likeness (QED) is 0.852. The first-order valence-corrected chi connectivity index (χ1v) is 5.54. The third-order valence-corrected chi connectivity index (χ3v) is 3.41. The second-order valence-electron chi connectivity index (χ2n) is 4.26. The molecule has 82 valence electrons. The van der Waals surface area contributed by atoms with Crippen LogP contribution in [0, 0.1) is 6.92 Å². The summed E-state index contributed by atoms with van der Waals surface area (Å²) in [7, 11) is 1.77. The predicted molar refractivity (Wildman–Crippen MR) is 62.5 cm³/mol. The smallest absolute Gasteiger partial charge is 0.0966 e. The molecule has 0 atom stereocenters. The fraction of sp³-hybridized carbons (Fsp3) is 0.500. The Morgan fingerprint density at radius 1 is 1.47 bits per heavy atom. The second-order valence-corrected chi connectivity index (χ2v) is 4.67. The molecule has 0 saturated carbocycles. The van der Waals surface area contributed by atoms with Gasteiger partial charge in [0.2, 0.25) is 0 Å². The van der Waals surface area contributed by atoms with Crippen LogP contribution in [0.4, 0.5) is 0 Å². The van der Waals surface area contributed by atoms with Gasteiger partial charge < -0.3 is 10.1 Å². The molecule has 1 aliphatic rings. The Kier molecular flexibility index (Phi) is 3.01. The third-order valence-electron chi connectivity index (χ3n) is 3.04. The Hall–Kier alpha value is -0.570. The van der Waals surface area contributed by atoms with Crippen molar-refractivity contribution in [1.29, 1.82) is 0 Å². The molecule has 0 spiro atoms. The summed E-state index contributed by atoms with van der Waals surface area (Å²) in [6.07, 6.45) is 0.886. The van der Waals surface area contributed by atoms with Gasteiger partial charge in [0.05, 0.1) is 5.60 Å². The molecule has 0 bridgehead atoms. The average molecular weight is 226 g/mol. The lowest BCUT2D eigenvalue weighted by atomic mass is 9.88. The Morgan fingerprint density at radius 2 is 2.20 bits per heavy atom. The molecule has 1 aromatic carbocycles. The van der Waals surface area contributed by atoms with Gasteiger partial charge in [0.25, 0.3) is 0 Å². The lowest BCUT2D eigenvalue weighted by Crippen LogP contribution is -2.61. The molecular formula is C12H16ClNO. The zero-order valence-electron chi connectivity index (χ0n) is 9.14. The molecule has 2 rings (SSSR count). The lowest BCUT2D eigenvalue weighted by molar-refractivity contribution is -0.0502. The van der Waals surface area contributed by atoms with Crippen LogP contribution >= 0.6 is 11.6 Å². The van der Waals surface area contributed by atoms with Crippen molar-refractivity contribution < 1.29 is 4.74 Å². The molecule has 1 heterocycles. The summed E-state index contributed by atoms with van der Waals surface area (Å²) in [5.74, 6) is 0. The number of hydrogen-bond donors (Lipinski definition) is 1. The van der Waals surface area contributed by atoms with Gasteiger partial charge in [-0.3, -0.25) is 0 Å². The molecule has 3 heteroatoms. The van der Waals surface area contributed by atoms with Gasteiger partial charge in [0.1, 0.15) is 0 Å². The molecule has 1 aromatic rings. The summed E-state index contributed by atoms with van der Waals surface area (Å²) in [5, 5.41) is 4.08. The van der Waals surface area contributed by atoms with Crippen molar-refractivity contribution in [3.63, 3.8) is 0 Å². The van der Waals surface area contributed by atoms with Crippen LogP contribution < -0.4 is 5.32 Å². The minimum Gasteiger partial charge on any atom is -0.375 e. The SMILES string of the molecule is COC1(Cc2cc(C)ccc2Cl)CNC1. The van der Waals surface area contributed by atoms with E-state index < -0.39 is 0 Å². The fourth-order valence-electron chi connectivity index (χ4n) is 1.93. The van der Waals surface area contributed by atoms with Gasteiger partial charge in [-0.2, -0.15) is 0 Å². The number of ether oxygens (including phenoxy) is 1.